The van der Waals surface area contributed by atoms with Crippen LogP contribution in [-0.2, 0) is 16.1 Å². The highest BCUT2D eigenvalue weighted by molar-refractivity contribution is 6.37. The van der Waals surface area contributed by atoms with Crippen molar-refractivity contribution in [2.75, 3.05) is 24.3 Å². The van der Waals surface area contributed by atoms with Crippen LogP contribution in [0, 0.1) is 0 Å². The predicted octanol–water partition coefficient (Wildman–Crippen LogP) is 4.31. The van der Waals surface area contributed by atoms with Gasteiger partial charge >= 0.3 is 12.0 Å². The molecule has 0 aliphatic carbocycles. The van der Waals surface area contributed by atoms with Crippen LogP contribution in [0.25, 0.3) is 11.3 Å². The van der Waals surface area contributed by atoms with E-state index in [0.29, 0.717) is 34.6 Å². The van der Waals surface area contributed by atoms with Crippen LogP contribution >= 0.6 is 0 Å². The van der Waals surface area contributed by atoms with Gasteiger partial charge in [-0.1, -0.05) is 48.5 Å². The molecular formula is C27H26N4O4. The first-order valence-electron chi connectivity index (χ1n) is 11.2. The lowest BCUT2D eigenvalue weighted by Gasteiger charge is -2.17. The molecule has 4 N–H and O–H groups in total. The number of carbonyl (C=O) groups excluding carboxylic acids is 3. The van der Waals surface area contributed by atoms with Crippen molar-refractivity contribution in [3.05, 3.63) is 95.1 Å². The van der Waals surface area contributed by atoms with Crippen LogP contribution in [-0.4, -0.2) is 36.5 Å². The zero-order valence-electron chi connectivity index (χ0n) is 19.5. The monoisotopic (exact) mass is 470 g/mol. The number of hydrogen-bond acceptors (Lipinski definition) is 5. The summed E-state index contributed by atoms with van der Waals surface area (Å²) in [7, 11) is 1.63. The van der Waals surface area contributed by atoms with Crippen LogP contribution < -0.4 is 16.4 Å². The third-order valence-corrected chi connectivity index (χ3v) is 5.61. The summed E-state index contributed by atoms with van der Waals surface area (Å²) in [5.41, 5.74) is 10.5. The Morgan fingerprint density at radius 1 is 1.00 bits per heavy atom. The van der Waals surface area contributed by atoms with Crippen LogP contribution in [0.5, 0.6) is 0 Å². The molecule has 178 valence electrons. The molecule has 3 aromatic carbocycles. The van der Waals surface area contributed by atoms with E-state index in [0.717, 1.165) is 16.8 Å². The molecule has 0 bridgehead atoms. The molecular weight excluding hydrogens is 444 g/mol. The number of fused-ring (bicyclic) bond motifs is 1. The molecule has 8 nitrogen and oxygen atoms in total. The Kier molecular flexibility index (Phi) is 6.82. The number of urea groups is 1. The van der Waals surface area contributed by atoms with Gasteiger partial charge in [0.2, 0.25) is 0 Å². The zero-order chi connectivity index (χ0) is 24.9. The number of nitrogens with one attached hydrogen (secondary N) is 2. The van der Waals surface area contributed by atoms with Crippen LogP contribution in [0.4, 0.5) is 16.2 Å². The highest BCUT2D eigenvalue weighted by Crippen LogP contribution is 2.38. The molecule has 1 aliphatic rings. The molecule has 4 rings (SSSR count). The van der Waals surface area contributed by atoms with Gasteiger partial charge in [0.15, 0.2) is 0 Å². The number of amides is 3. The van der Waals surface area contributed by atoms with E-state index in [4.69, 9.17) is 10.5 Å². The lowest BCUT2D eigenvalue weighted by Crippen LogP contribution is -2.31. The second-order valence-electron chi connectivity index (χ2n) is 8.07. The lowest BCUT2D eigenvalue weighted by molar-refractivity contribution is -0.110. The van der Waals surface area contributed by atoms with E-state index < -0.39 is 12.0 Å². The van der Waals surface area contributed by atoms with E-state index in [-0.39, 0.29) is 12.5 Å². The van der Waals surface area contributed by atoms with E-state index in [9.17, 15) is 14.4 Å². The number of carbonyl (C=O) groups is 3. The highest BCUT2D eigenvalue weighted by atomic mass is 16.5. The molecule has 0 atom stereocenters. The van der Waals surface area contributed by atoms with Gasteiger partial charge in [-0.15, -0.1) is 0 Å². The van der Waals surface area contributed by atoms with E-state index in [1.165, 1.54) is 4.90 Å². The van der Waals surface area contributed by atoms with Crippen LogP contribution in [0.1, 0.15) is 34.0 Å². The predicted molar refractivity (Wildman–Crippen MR) is 135 cm³/mol. The third-order valence-electron chi connectivity index (χ3n) is 5.61. The SMILES string of the molecule is CCOC(=O)c1ccc2c(c1)NC(=O)/C2=C(\Nc1ccc(CN(C)C(N)=O)cc1)c1ccccc1. The molecule has 1 aliphatic heterocycles. The van der Waals surface area contributed by atoms with Gasteiger partial charge < -0.3 is 26.0 Å². The maximum absolute atomic E-state index is 13.1. The molecule has 3 amide bonds. The minimum absolute atomic E-state index is 0.271. The first-order chi connectivity index (χ1) is 16.9. The van der Waals surface area contributed by atoms with Gasteiger partial charge in [-0.2, -0.15) is 0 Å². The summed E-state index contributed by atoms with van der Waals surface area (Å²) >= 11 is 0. The van der Waals surface area contributed by atoms with Crippen LogP contribution in [0.3, 0.4) is 0 Å². The fourth-order valence-corrected chi connectivity index (χ4v) is 3.84. The second-order valence-corrected chi connectivity index (χ2v) is 8.07. The van der Waals surface area contributed by atoms with E-state index in [1.54, 1.807) is 32.2 Å². The maximum Gasteiger partial charge on any atom is 0.338 e. The van der Waals surface area contributed by atoms with Gasteiger partial charge in [0.05, 0.1) is 29.1 Å². The van der Waals surface area contributed by atoms with Gasteiger partial charge in [0, 0.05) is 24.8 Å². The number of nitrogens with two attached hydrogens (primary N) is 1. The second kappa shape index (κ2) is 10.1. The number of primary amides is 1. The molecule has 0 fully saturated rings. The summed E-state index contributed by atoms with van der Waals surface area (Å²) in [6.45, 7) is 2.40. The van der Waals surface area contributed by atoms with Crippen molar-refractivity contribution < 1.29 is 19.1 Å². The molecule has 0 saturated carbocycles. The Hall–Kier alpha value is -4.59. The van der Waals surface area contributed by atoms with E-state index >= 15 is 0 Å². The smallest absolute Gasteiger partial charge is 0.338 e. The summed E-state index contributed by atoms with van der Waals surface area (Å²) in [6.07, 6.45) is 0. The Bertz CT molecular complexity index is 1300. The topological polar surface area (TPSA) is 114 Å². The molecule has 0 aromatic heterocycles. The number of anilines is 2. The number of rotatable bonds is 7. The fraction of sp³-hybridized carbons (Fsp3) is 0.148. The molecule has 0 radical (unpaired) electrons. The highest BCUT2D eigenvalue weighted by Gasteiger charge is 2.29. The molecule has 0 saturated heterocycles. The molecule has 0 spiro atoms. The van der Waals surface area contributed by atoms with Crippen molar-refractivity contribution in [2.45, 2.75) is 13.5 Å². The summed E-state index contributed by atoms with van der Waals surface area (Å²) in [6, 6.07) is 21.6. The minimum atomic E-state index is -0.500. The van der Waals surface area contributed by atoms with Gasteiger partial charge in [-0.25, -0.2) is 9.59 Å². The largest absolute Gasteiger partial charge is 0.462 e. The van der Waals surface area contributed by atoms with Gasteiger partial charge in [0.25, 0.3) is 5.91 Å². The van der Waals surface area contributed by atoms with Crippen LogP contribution in [0.2, 0.25) is 0 Å². The summed E-state index contributed by atoms with van der Waals surface area (Å²) in [5, 5.41) is 6.26. The van der Waals surface area contributed by atoms with E-state index in [1.807, 2.05) is 54.6 Å². The molecule has 3 aromatic rings. The Balaban J connectivity index is 1.72. The number of hydrogen-bond donors (Lipinski definition) is 3. The quantitative estimate of drug-likeness (QED) is 0.352. The summed E-state index contributed by atoms with van der Waals surface area (Å²) in [4.78, 5) is 38.0. The number of esters is 1. The maximum atomic E-state index is 13.1. The fourth-order valence-electron chi connectivity index (χ4n) is 3.84. The molecule has 0 unspecified atom stereocenters. The summed E-state index contributed by atoms with van der Waals surface area (Å²) < 4.78 is 5.08. The minimum Gasteiger partial charge on any atom is -0.462 e. The van der Waals surface area contributed by atoms with Crippen molar-refractivity contribution in [1.82, 2.24) is 4.90 Å². The number of benzene rings is 3. The third kappa shape index (κ3) is 5.16. The van der Waals surface area contributed by atoms with Crippen molar-refractivity contribution in [3.63, 3.8) is 0 Å². The molecule has 35 heavy (non-hydrogen) atoms. The van der Waals surface area contributed by atoms with Gasteiger partial charge in [-0.3, -0.25) is 4.79 Å². The Morgan fingerprint density at radius 2 is 1.71 bits per heavy atom. The first kappa shape index (κ1) is 23.6. The lowest BCUT2D eigenvalue weighted by atomic mass is 9.99. The van der Waals surface area contributed by atoms with Crippen molar-refractivity contribution in [1.29, 1.82) is 0 Å². The van der Waals surface area contributed by atoms with Gasteiger partial charge in [-0.05, 0) is 42.3 Å². The van der Waals surface area contributed by atoms with Gasteiger partial charge in [0.1, 0.15) is 0 Å². The standard InChI is InChI=1S/C27H26N4O4/c1-3-35-26(33)19-11-14-21-22(15-19)30-25(32)23(21)24(18-7-5-4-6-8-18)29-20-12-9-17(10-13-20)16-31(2)27(28)34/h4-15,29H,3,16H2,1-2H3,(H2,28,34)(H,30,32)/b24-23-. The van der Waals surface area contributed by atoms with Crippen molar-refractivity contribution >= 4 is 40.6 Å². The van der Waals surface area contributed by atoms with Crippen LogP contribution in [0.15, 0.2) is 72.8 Å². The number of nitrogens with zero attached hydrogens (tertiary/aromatic N) is 1. The van der Waals surface area contributed by atoms with Crippen molar-refractivity contribution in [3.8, 4) is 0 Å². The normalized spacial score (nSPS) is 13.5. The molecule has 8 heteroatoms. The van der Waals surface area contributed by atoms with Crippen molar-refractivity contribution in [2.24, 2.45) is 5.73 Å². The molecule has 1 heterocycles. The Morgan fingerprint density at radius 3 is 2.37 bits per heavy atom. The number of ether oxygens (including phenoxy) is 1. The first-order valence-corrected chi connectivity index (χ1v) is 11.2. The summed E-state index contributed by atoms with van der Waals surface area (Å²) in [5.74, 6) is -0.711. The average Bonchev–Trinajstić information content (AvgIpc) is 3.18. The Labute approximate surface area is 203 Å². The zero-order valence-corrected chi connectivity index (χ0v) is 19.5. The van der Waals surface area contributed by atoms with E-state index in [2.05, 4.69) is 10.6 Å². The average molecular weight is 471 g/mol.